The lowest BCUT2D eigenvalue weighted by Gasteiger charge is -2.17. The average Bonchev–Trinajstić information content (AvgIpc) is 2.95. The van der Waals surface area contributed by atoms with Gasteiger partial charge in [0.2, 0.25) is 0 Å². The normalized spacial score (nSPS) is 12.8. The lowest BCUT2D eigenvalue weighted by Crippen LogP contribution is -2.23. The van der Waals surface area contributed by atoms with Crippen LogP contribution >= 0.6 is 27.3 Å². The van der Waals surface area contributed by atoms with E-state index < -0.39 is 0 Å². The molecule has 1 unspecified atom stereocenters. The highest BCUT2D eigenvalue weighted by Gasteiger charge is 2.16. The van der Waals surface area contributed by atoms with Gasteiger partial charge in [0.1, 0.15) is 0 Å². The van der Waals surface area contributed by atoms with Crippen LogP contribution in [0.1, 0.15) is 36.2 Å². The minimum absolute atomic E-state index is 0.364. The second kappa shape index (κ2) is 6.68. The Bertz CT molecular complexity index is 533. The number of rotatable bonds is 6. The minimum atomic E-state index is 0.364. The van der Waals surface area contributed by atoms with E-state index >= 15 is 0 Å². The maximum atomic E-state index is 4.52. The smallest absolute Gasteiger partial charge is 0.0596 e. The highest BCUT2D eigenvalue weighted by Crippen LogP contribution is 2.28. The molecule has 1 atom stereocenters. The van der Waals surface area contributed by atoms with Gasteiger partial charge in [-0.15, -0.1) is 11.3 Å². The van der Waals surface area contributed by atoms with Crippen LogP contribution in [-0.2, 0) is 13.0 Å². The lowest BCUT2D eigenvalue weighted by molar-refractivity contribution is 0.522. The molecule has 3 nitrogen and oxygen atoms in total. The van der Waals surface area contributed by atoms with Crippen molar-refractivity contribution >= 4 is 27.3 Å². The quantitative estimate of drug-likeness (QED) is 0.862. The number of hydrogen-bond donors (Lipinski definition) is 1. The van der Waals surface area contributed by atoms with E-state index in [4.69, 9.17) is 0 Å². The van der Waals surface area contributed by atoms with Crippen LogP contribution in [0.4, 0.5) is 0 Å². The van der Waals surface area contributed by atoms with Crippen molar-refractivity contribution in [2.45, 2.75) is 39.8 Å². The molecule has 2 aromatic heterocycles. The van der Waals surface area contributed by atoms with Gasteiger partial charge in [0.15, 0.2) is 0 Å². The first-order chi connectivity index (χ1) is 9.13. The van der Waals surface area contributed by atoms with Gasteiger partial charge in [0.25, 0.3) is 0 Å². The Labute approximate surface area is 127 Å². The molecule has 0 aliphatic carbocycles. The molecule has 0 saturated heterocycles. The van der Waals surface area contributed by atoms with Crippen LogP contribution in [0.5, 0.6) is 0 Å². The summed E-state index contributed by atoms with van der Waals surface area (Å²) in [5.74, 6) is 0. The summed E-state index contributed by atoms with van der Waals surface area (Å²) in [7, 11) is 0. The monoisotopic (exact) mass is 341 g/mol. The molecule has 0 spiro atoms. The van der Waals surface area contributed by atoms with E-state index in [0.29, 0.717) is 6.04 Å². The fourth-order valence-electron chi connectivity index (χ4n) is 2.28. The number of aryl methyl sites for hydroxylation is 2. The SMILES string of the molecule is CCNC(Cc1cc(C)nn1CC)c1cc(Br)cs1. The third-order valence-electron chi connectivity index (χ3n) is 3.08. The summed E-state index contributed by atoms with van der Waals surface area (Å²) >= 11 is 5.33. The van der Waals surface area contributed by atoms with E-state index in [1.807, 2.05) is 0 Å². The molecule has 2 rings (SSSR count). The Morgan fingerprint density at radius 2 is 2.21 bits per heavy atom. The van der Waals surface area contributed by atoms with Gasteiger partial charge in [0.05, 0.1) is 5.69 Å². The molecule has 5 heteroatoms. The number of nitrogens with one attached hydrogen (secondary N) is 1. The topological polar surface area (TPSA) is 29.9 Å². The summed E-state index contributed by atoms with van der Waals surface area (Å²) in [5.41, 5.74) is 2.40. The first kappa shape index (κ1) is 14.8. The molecule has 0 aromatic carbocycles. The molecule has 1 N–H and O–H groups in total. The van der Waals surface area contributed by atoms with Gasteiger partial charge < -0.3 is 5.32 Å². The number of thiophene rings is 1. The van der Waals surface area contributed by atoms with Gasteiger partial charge in [-0.3, -0.25) is 4.68 Å². The van der Waals surface area contributed by atoms with Crippen LogP contribution in [0.25, 0.3) is 0 Å². The largest absolute Gasteiger partial charge is 0.309 e. The standard InChI is InChI=1S/C14H20BrN3S/c1-4-16-13(14-7-11(15)9-19-14)8-12-6-10(3)17-18(12)5-2/h6-7,9,13,16H,4-5,8H2,1-3H3. The van der Waals surface area contributed by atoms with Crippen molar-refractivity contribution in [3.8, 4) is 0 Å². The van der Waals surface area contributed by atoms with E-state index in [1.165, 1.54) is 10.6 Å². The fraction of sp³-hybridized carbons (Fsp3) is 0.500. The van der Waals surface area contributed by atoms with Gasteiger partial charge in [-0.25, -0.2) is 0 Å². The zero-order valence-electron chi connectivity index (χ0n) is 11.6. The third kappa shape index (κ3) is 3.68. The minimum Gasteiger partial charge on any atom is -0.309 e. The van der Waals surface area contributed by atoms with Crippen molar-refractivity contribution in [2.24, 2.45) is 0 Å². The molecule has 0 saturated carbocycles. The van der Waals surface area contributed by atoms with E-state index in [9.17, 15) is 0 Å². The maximum Gasteiger partial charge on any atom is 0.0596 e. The Kier molecular flexibility index (Phi) is 5.19. The molecule has 19 heavy (non-hydrogen) atoms. The van der Waals surface area contributed by atoms with Crippen molar-refractivity contribution in [3.05, 3.63) is 38.3 Å². The molecule has 0 aliphatic rings. The summed E-state index contributed by atoms with van der Waals surface area (Å²) in [5, 5.41) is 10.2. The zero-order chi connectivity index (χ0) is 13.8. The molecule has 2 heterocycles. The second-order valence-corrected chi connectivity index (χ2v) is 6.43. The van der Waals surface area contributed by atoms with Crippen LogP contribution in [-0.4, -0.2) is 16.3 Å². The summed E-state index contributed by atoms with van der Waals surface area (Å²) < 4.78 is 3.26. The molecule has 0 aliphatic heterocycles. The van der Waals surface area contributed by atoms with Gasteiger partial charge in [-0.1, -0.05) is 6.92 Å². The third-order valence-corrected chi connectivity index (χ3v) is 4.89. The van der Waals surface area contributed by atoms with Crippen LogP contribution in [0.15, 0.2) is 22.0 Å². The van der Waals surface area contributed by atoms with Crippen molar-refractivity contribution in [2.75, 3.05) is 6.54 Å². The maximum absolute atomic E-state index is 4.52. The van der Waals surface area contributed by atoms with Crippen molar-refractivity contribution in [1.82, 2.24) is 15.1 Å². The number of nitrogens with zero attached hydrogens (tertiary/aromatic N) is 2. The van der Waals surface area contributed by atoms with E-state index in [0.717, 1.165) is 29.7 Å². The summed E-state index contributed by atoms with van der Waals surface area (Å²) in [6.07, 6.45) is 0.982. The molecular weight excluding hydrogens is 322 g/mol. The molecular formula is C14H20BrN3S. The predicted molar refractivity (Wildman–Crippen MR) is 84.8 cm³/mol. The molecule has 0 amide bonds. The van der Waals surface area contributed by atoms with Crippen LogP contribution in [0.2, 0.25) is 0 Å². The number of hydrogen-bond acceptors (Lipinski definition) is 3. The van der Waals surface area contributed by atoms with Gasteiger partial charge >= 0.3 is 0 Å². The second-order valence-electron chi connectivity index (χ2n) is 4.57. The van der Waals surface area contributed by atoms with Crippen LogP contribution < -0.4 is 5.32 Å². The van der Waals surface area contributed by atoms with Crippen LogP contribution in [0, 0.1) is 6.92 Å². The van der Waals surface area contributed by atoms with Gasteiger partial charge in [-0.05, 0) is 48.5 Å². The average molecular weight is 342 g/mol. The Morgan fingerprint density at radius 1 is 1.42 bits per heavy atom. The van der Waals surface area contributed by atoms with Crippen molar-refractivity contribution < 1.29 is 0 Å². The number of halogens is 1. The van der Waals surface area contributed by atoms with Gasteiger partial charge in [-0.2, -0.15) is 5.10 Å². The Hall–Kier alpha value is -0.650. The molecule has 104 valence electrons. The number of aromatic nitrogens is 2. The fourth-order valence-corrected chi connectivity index (χ4v) is 3.80. The first-order valence-corrected chi connectivity index (χ1v) is 8.32. The molecule has 0 bridgehead atoms. The predicted octanol–water partition coefficient (Wildman–Crippen LogP) is 3.93. The zero-order valence-corrected chi connectivity index (χ0v) is 14.0. The Balaban J connectivity index is 2.20. The lowest BCUT2D eigenvalue weighted by atomic mass is 10.1. The van der Waals surface area contributed by atoms with Crippen molar-refractivity contribution in [1.29, 1.82) is 0 Å². The first-order valence-electron chi connectivity index (χ1n) is 6.64. The molecule has 0 radical (unpaired) electrons. The van der Waals surface area contributed by atoms with E-state index in [1.54, 1.807) is 11.3 Å². The summed E-state index contributed by atoms with van der Waals surface area (Å²) in [6, 6.07) is 4.76. The van der Waals surface area contributed by atoms with Crippen molar-refractivity contribution in [3.63, 3.8) is 0 Å². The summed E-state index contributed by atoms with van der Waals surface area (Å²) in [4.78, 5) is 1.37. The van der Waals surface area contributed by atoms with Gasteiger partial charge in [0, 0.05) is 39.4 Å². The Morgan fingerprint density at radius 3 is 2.79 bits per heavy atom. The molecule has 2 aromatic rings. The highest BCUT2D eigenvalue weighted by atomic mass is 79.9. The number of likely N-dealkylation sites (N-methyl/N-ethyl adjacent to an activating group) is 1. The highest BCUT2D eigenvalue weighted by molar-refractivity contribution is 9.10. The van der Waals surface area contributed by atoms with E-state index in [2.05, 4.69) is 69.3 Å². The van der Waals surface area contributed by atoms with Crippen LogP contribution in [0.3, 0.4) is 0 Å². The molecule has 0 fully saturated rings. The van der Waals surface area contributed by atoms with E-state index in [-0.39, 0.29) is 0 Å². The summed E-state index contributed by atoms with van der Waals surface area (Å²) in [6.45, 7) is 8.24.